The molecule has 2 rings (SSSR count). The molecule has 0 aromatic heterocycles. The molecule has 3 heteroatoms. The molecule has 0 N–H and O–H groups in total. The topological polar surface area (TPSA) is 26.3 Å². The molecule has 2 aromatic rings. The van der Waals surface area contributed by atoms with Gasteiger partial charge in [0, 0.05) is 17.0 Å². The second-order valence-corrected chi connectivity index (χ2v) is 5.31. The molecule has 21 heavy (non-hydrogen) atoms. The van der Waals surface area contributed by atoms with E-state index in [1.165, 1.54) is 12.7 Å². The van der Waals surface area contributed by atoms with Crippen LogP contribution in [0.2, 0.25) is 5.02 Å². The fraction of sp³-hybridized carbons (Fsp3) is 0.167. The largest absolute Gasteiger partial charge is 0.466 e. The van der Waals surface area contributed by atoms with Gasteiger partial charge in [0.05, 0.1) is 7.11 Å². The molecule has 0 radical (unpaired) electrons. The molecule has 0 aliphatic carbocycles. The SMILES string of the molecule is COC(=O)/C(=C/c1ccc(Cl)cc1)Cc1ccc(C)cc1. The lowest BCUT2D eigenvalue weighted by Crippen LogP contribution is -2.07. The Balaban J connectivity index is 2.27. The second kappa shape index (κ2) is 7.09. The Kier molecular flexibility index (Phi) is 5.18. The van der Waals surface area contributed by atoms with E-state index in [0.29, 0.717) is 17.0 Å². The van der Waals surface area contributed by atoms with Gasteiger partial charge in [-0.25, -0.2) is 4.79 Å². The maximum Gasteiger partial charge on any atom is 0.334 e. The highest BCUT2D eigenvalue weighted by molar-refractivity contribution is 6.30. The molecular weight excluding hydrogens is 284 g/mol. The highest BCUT2D eigenvalue weighted by Crippen LogP contribution is 2.17. The summed E-state index contributed by atoms with van der Waals surface area (Å²) in [6, 6.07) is 15.5. The molecule has 0 amide bonds. The Hall–Kier alpha value is -2.06. The third kappa shape index (κ3) is 4.47. The van der Waals surface area contributed by atoms with Crippen LogP contribution in [0, 0.1) is 6.92 Å². The summed E-state index contributed by atoms with van der Waals surface area (Å²) in [5.74, 6) is -0.314. The number of hydrogen-bond acceptors (Lipinski definition) is 2. The average molecular weight is 301 g/mol. The summed E-state index contributed by atoms with van der Waals surface area (Å²) in [5, 5.41) is 0.672. The summed E-state index contributed by atoms with van der Waals surface area (Å²) >= 11 is 5.87. The smallest absolute Gasteiger partial charge is 0.334 e. The van der Waals surface area contributed by atoms with E-state index in [9.17, 15) is 4.79 Å². The van der Waals surface area contributed by atoms with Gasteiger partial charge in [-0.1, -0.05) is 53.6 Å². The summed E-state index contributed by atoms with van der Waals surface area (Å²) in [7, 11) is 1.40. The van der Waals surface area contributed by atoms with Crippen molar-refractivity contribution in [1.29, 1.82) is 0 Å². The van der Waals surface area contributed by atoms with Crippen molar-refractivity contribution in [1.82, 2.24) is 0 Å². The van der Waals surface area contributed by atoms with Gasteiger partial charge < -0.3 is 4.74 Å². The van der Waals surface area contributed by atoms with E-state index >= 15 is 0 Å². The third-order valence-corrected chi connectivity index (χ3v) is 3.43. The van der Waals surface area contributed by atoms with E-state index in [1.807, 2.05) is 49.4 Å². The highest BCUT2D eigenvalue weighted by atomic mass is 35.5. The third-order valence-electron chi connectivity index (χ3n) is 3.17. The zero-order valence-electron chi connectivity index (χ0n) is 12.1. The van der Waals surface area contributed by atoms with Crippen LogP contribution >= 0.6 is 11.6 Å². The van der Waals surface area contributed by atoms with Crippen LogP contribution in [-0.4, -0.2) is 13.1 Å². The number of benzene rings is 2. The minimum absolute atomic E-state index is 0.314. The van der Waals surface area contributed by atoms with Gasteiger partial charge in [-0.3, -0.25) is 0 Å². The van der Waals surface area contributed by atoms with Crippen LogP contribution in [0.3, 0.4) is 0 Å². The second-order valence-electron chi connectivity index (χ2n) is 4.88. The Morgan fingerprint density at radius 2 is 1.71 bits per heavy atom. The Bertz CT molecular complexity index is 640. The first-order valence-electron chi connectivity index (χ1n) is 6.68. The van der Waals surface area contributed by atoms with Crippen LogP contribution in [0.25, 0.3) is 6.08 Å². The minimum atomic E-state index is -0.314. The van der Waals surface area contributed by atoms with Gasteiger partial charge in [0.1, 0.15) is 0 Å². The van der Waals surface area contributed by atoms with Gasteiger partial charge in [0.15, 0.2) is 0 Å². The Morgan fingerprint density at radius 3 is 2.29 bits per heavy atom. The van der Waals surface area contributed by atoms with Crippen molar-refractivity contribution >= 4 is 23.6 Å². The molecule has 0 bridgehead atoms. The molecule has 0 fully saturated rings. The standard InChI is InChI=1S/C18H17ClO2/c1-13-3-5-14(6-4-13)11-16(18(20)21-2)12-15-7-9-17(19)10-8-15/h3-10,12H,11H2,1-2H3/b16-12+. The van der Waals surface area contributed by atoms with E-state index in [2.05, 4.69) is 0 Å². The summed E-state index contributed by atoms with van der Waals surface area (Å²) < 4.78 is 4.87. The number of carbonyl (C=O) groups is 1. The predicted octanol–water partition coefficient (Wildman–Crippen LogP) is 4.45. The number of ether oxygens (including phenoxy) is 1. The van der Waals surface area contributed by atoms with Gasteiger partial charge in [-0.05, 0) is 36.3 Å². The van der Waals surface area contributed by atoms with E-state index in [4.69, 9.17) is 16.3 Å². The van der Waals surface area contributed by atoms with E-state index in [-0.39, 0.29) is 5.97 Å². The maximum absolute atomic E-state index is 11.9. The molecule has 0 aliphatic heterocycles. The maximum atomic E-state index is 11.9. The molecule has 2 aromatic carbocycles. The predicted molar refractivity (Wildman–Crippen MR) is 86.3 cm³/mol. The summed E-state index contributed by atoms with van der Waals surface area (Å²) in [6.07, 6.45) is 2.37. The van der Waals surface area contributed by atoms with Crippen molar-refractivity contribution in [2.45, 2.75) is 13.3 Å². The summed E-state index contributed by atoms with van der Waals surface area (Å²) in [6.45, 7) is 2.04. The highest BCUT2D eigenvalue weighted by Gasteiger charge is 2.10. The van der Waals surface area contributed by atoms with Crippen molar-refractivity contribution in [3.8, 4) is 0 Å². The molecule has 0 aliphatic rings. The van der Waals surface area contributed by atoms with E-state index in [0.717, 1.165) is 11.1 Å². The van der Waals surface area contributed by atoms with Crippen LogP contribution in [0.1, 0.15) is 16.7 Å². The number of halogens is 1. The summed E-state index contributed by atoms with van der Waals surface area (Å²) in [4.78, 5) is 11.9. The fourth-order valence-electron chi connectivity index (χ4n) is 2.00. The Labute approximate surface area is 130 Å². The lowest BCUT2D eigenvalue weighted by atomic mass is 10.0. The van der Waals surface area contributed by atoms with Crippen molar-refractivity contribution in [2.75, 3.05) is 7.11 Å². The molecule has 0 saturated carbocycles. The zero-order valence-corrected chi connectivity index (χ0v) is 12.9. The van der Waals surface area contributed by atoms with Crippen molar-refractivity contribution < 1.29 is 9.53 Å². The molecule has 2 nitrogen and oxygen atoms in total. The number of aryl methyl sites for hydroxylation is 1. The number of hydrogen-bond donors (Lipinski definition) is 0. The number of carbonyl (C=O) groups excluding carboxylic acids is 1. The van der Waals surface area contributed by atoms with Crippen LogP contribution in [-0.2, 0) is 16.0 Å². The quantitative estimate of drug-likeness (QED) is 0.616. The van der Waals surface area contributed by atoms with Crippen LogP contribution < -0.4 is 0 Å². The van der Waals surface area contributed by atoms with Crippen molar-refractivity contribution in [3.63, 3.8) is 0 Å². The van der Waals surface area contributed by atoms with Crippen molar-refractivity contribution in [3.05, 3.63) is 75.8 Å². The molecular formula is C18H17ClO2. The van der Waals surface area contributed by atoms with Crippen LogP contribution in [0.4, 0.5) is 0 Å². The van der Waals surface area contributed by atoms with E-state index in [1.54, 1.807) is 12.1 Å². The first-order chi connectivity index (χ1) is 10.1. The molecule has 0 saturated heterocycles. The minimum Gasteiger partial charge on any atom is -0.466 e. The molecule has 0 atom stereocenters. The zero-order chi connectivity index (χ0) is 15.2. The van der Waals surface area contributed by atoms with Gasteiger partial charge in [-0.15, -0.1) is 0 Å². The van der Waals surface area contributed by atoms with E-state index < -0.39 is 0 Å². The normalized spacial score (nSPS) is 11.3. The van der Waals surface area contributed by atoms with Gasteiger partial charge in [-0.2, -0.15) is 0 Å². The monoisotopic (exact) mass is 300 g/mol. The first kappa shape index (κ1) is 15.3. The molecule has 0 unspecified atom stereocenters. The number of rotatable bonds is 4. The van der Waals surface area contributed by atoms with Crippen LogP contribution in [0.5, 0.6) is 0 Å². The summed E-state index contributed by atoms with van der Waals surface area (Å²) in [5.41, 5.74) is 3.81. The Morgan fingerprint density at radius 1 is 1.10 bits per heavy atom. The van der Waals surface area contributed by atoms with Crippen LogP contribution in [0.15, 0.2) is 54.1 Å². The van der Waals surface area contributed by atoms with Gasteiger partial charge in [0.25, 0.3) is 0 Å². The molecule has 0 spiro atoms. The average Bonchev–Trinajstić information content (AvgIpc) is 2.50. The first-order valence-corrected chi connectivity index (χ1v) is 7.06. The molecule has 0 heterocycles. The van der Waals surface area contributed by atoms with Gasteiger partial charge in [0.2, 0.25) is 0 Å². The van der Waals surface area contributed by atoms with Gasteiger partial charge >= 0.3 is 5.97 Å². The lowest BCUT2D eigenvalue weighted by molar-refractivity contribution is -0.136. The lowest BCUT2D eigenvalue weighted by Gasteiger charge is -2.07. The number of methoxy groups -OCH3 is 1. The van der Waals surface area contributed by atoms with Crippen molar-refractivity contribution in [2.24, 2.45) is 0 Å². The number of esters is 1. The molecule has 108 valence electrons. The fourth-order valence-corrected chi connectivity index (χ4v) is 2.13.